The molecule has 0 saturated carbocycles. The van der Waals surface area contributed by atoms with Crippen LogP contribution < -0.4 is 0 Å². The van der Waals surface area contributed by atoms with Crippen LogP contribution in [0, 0.1) is 5.92 Å². The molecule has 0 amide bonds. The molecular weight excluding hydrogens is 180 g/mol. The van der Waals surface area contributed by atoms with Crippen molar-refractivity contribution in [3.8, 4) is 0 Å². The average molecular weight is 194 g/mol. The highest BCUT2D eigenvalue weighted by atomic mass is 16.7. The lowest BCUT2D eigenvalue weighted by molar-refractivity contribution is -0.116. The maximum Gasteiger partial charge on any atom is 0.181 e. The molecule has 2 atom stereocenters. The molecule has 0 aromatic rings. The third-order valence-electron chi connectivity index (χ3n) is 2.79. The zero-order valence-corrected chi connectivity index (χ0v) is 8.29. The average Bonchev–Trinajstić information content (AvgIpc) is 2.67. The van der Waals surface area contributed by atoms with E-state index in [2.05, 4.69) is 6.58 Å². The molecule has 76 valence electrons. The Balaban J connectivity index is 2.14. The van der Waals surface area contributed by atoms with Gasteiger partial charge in [-0.25, -0.2) is 0 Å². The van der Waals surface area contributed by atoms with E-state index < -0.39 is 0 Å². The van der Waals surface area contributed by atoms with Gasteiger partial charge >= 0.3 is 0 Å². The summed E-state index contributed by atoms with van der Waals surface area (Å²) < 4.78 is 10.9. The molecule has 1 aliphatic carbocycles. The van der Waals surface area contributed by atoms with Gasteiger partial charge in [-0.2, -0.15) is 0 Å². The van der Waals surface area contributed by atoms with Gasteiger partial charge in [0, 0.05) is 12.3 Å². The first-order valence-corrected chi connectivity index (χ1v) is 4.82. The smallest absolute Gasteiger partial charge is 0.181 e. The highest BCUT2D eigenvalue weighted by Crippen LogP contribution is 2.38. The van der Waals surface area contributed by atoms with Crippen LogP contribution in [0.1, 0.15) is 13.3 Å². The molecule has 3 heteroatoms. The van der Waals surface area contributed by atoms with Gasteiger partial charge in [-0.05, 0) is 18.1 Å². The van der Waals surface area contributed by atoms with Gasteiger partial charge < -0.3 is 9.47 Å². The predicted octanol–water partition coefficient (Wildman–Crippen LogP) is 1.45. The third kappa shape index (κ3) is 1.42. The zero-order chi connectivity index (χ0) is 10.1. The summed E-state index contributed by atoms with van der Waals surface area (Å²) in [6.45, 7) is 6.51. The van der Waals surface area contributed by atoms with Crippen molar-refractivity contribution in [1.82, 2.24) is 0 Å². The van der Waals surface area contributed by atoms with Crippen LogP contribution in [0.2, 0.25) is 0 Å². The Morgan fingerprint density at radius 3 is 3.21 bits per heavy atom. The Labute approximate surface area is 83.4 Å². The Morgan fingerprint density at radius 1 is 1.71 bits per heavy atom. The lowest BCUT2D eigenvalue weighted by Gasteiger charge is -2.11. The fourth-order valence-electron chi connectivity index (χ4n) is 2.06. The van der Waals surface area contributed by atoms with E-state index in [1.54, 1.807) is 6.08 Å². The molecular formula is C11H14O3. The van der Waals surface area contributed by atoms with Gasteiger partial charge in [0.05, 0.1) is 13.2 Å². The molecule has 1 saturated heterocycles. The van der Waals surface area contributed by atoms with Crippen LogP contribution >= 0.6 is 0 Å². The predicted molar refractivity (Wildman–Crippen MR) is 51.7 cm³/mol. The van der Waals surface area contributed by atoms with E-state index in [1.165, 1.54) is 0 Å². The number of ether oxygens (including phenoxy) is 2. The van der Waals surface area contributed by atoms with Crippen LogP contribution in [0.5, 0.6) is 0 Å². The minimum atomic E-state index is -0.315. The second kappa shape index (κ2) is 3.67. The minimum absolute atomic E-state index is 0.237. The van der Waals surface area contributed by atoms with Crippen molar-refractivity contribution in [2.45, 2.75) is 19.6 Å². The molecule has 1 aliphatic heterocycles. The molecule has 1 fully saturated rings. The van der Waals surface area contributed by atoms with Crippen molar-refractivity contribution in [2.75, 3.05) is 13.2 Å². The Morgan fingerprint density at radius 2 is 2.50 bits per heavy atom. The number of hydrogen-bond acceptors (Lipinski definition) is 3. The van der Waals surface area contributed by atoms with E-state index in [0.717, 1.165) is 11.1 Å². The van der Waals surface area contributed by atoms with Crippen molar-refractivity contribution in [1.29, 1.82) is 0 Å². The largest absolute Gasteiger partial charge is 0.348 e. The second-order valence-corrected chi connectivity index (χ2v) is 3.69. The minimum Gasteiger partial charge on any atom is -0.348 e. The standard InChI is InChI=1S/C11H14O3/c1-3-4-13-11-10-7(2)9(12)5-8(10)6-14-11/h3,8,11H,1,4-6H2,2H3/t8-,11-/m1/s1. The lowest BCUT2D eigenvalue weighted by atomic mass is 10.0. The quantitative estimate of drug-likeness (QED) is 0.638. The summed E-state index contributed by atoms with van der Waals surface area (Å²) in [7, 11) is 0. The highest BCUT2D eigenvalue weighted by molar-refractivity contribution is 5.98. The summed E-state index contributed by atoms with van der Waals surface area (Å²) in [5, 5.41) is 0. The molecule has 14 heavy (non-hydrogen) atoms. The molecule has 0 radical (unpaired) electrons. The second-order valence-electron chi connectivity index (χ2n) is 3.69. The topological polar surface area (TPSA) is 35.5 Å². The maximum atomic E-state index is 11.4. The van der Waals surface area contributed by atoms with Gasteiger partial charge in [0.2, 0.25) is 0 Å². The molecule has 0 unspecified atom stereocenters. The SMILES string of the molecule is C=CCO[C@@H]1OC[C@H]2CC(=O)C(C)=C21. The van der Waals surface area contributed by atoms with Crippen molar-refractivity contribution in [3.63, 3.8) is 0 Å². The van der Waals surface area contributed by atoms with E-state index in [4.69, 9.17) is 9.47 Å². The fraction of sp³-hybridized carbons (Fsp3) is 0.545. The van der Waals surface area contributed by atoms with E-state index in [1.807, 2.05) is 6.92 Å². The fourth-order valence-corrected chi connectivity index (χ4v) is 2.06. The molecule has 0 aromatic heterocycles. The van der Waals surface area contributed by atoms with Crippen LogP contribution in [-0.4, -0.2) is 25.3 Å². The normalized spacial score (nSPS) is 31.1. The highest BCUT2D eigenvalue weighted by Gasteiger charge is 2.40. The van der Waals surface area contributed by atoms with E-state index in [0.29, 0.717) is 19.6 Å². The first-order valence-electron chi connectivity index (χ1n) is 4.82. The molecule has 2 aliphatic rings. The molecule has 3 nitrogen and oxygen atoms in total. The Bertz CT molecular complexity index is 304. The van der Waals surface area contributed by atoms with Crippen LogP contribution in [0.25, 0.3) is 0 Å². The summed E-state index contributed by atoms with van der Waals surface area (Å²) in [6, 6.07) is 0. The molecule has 0 spiro atoms. The number of carbonyl (C=O) groups excluding carboxylic acids is 1. The third-order valence-corrected chi connectivity index (χ3v) is 2.79. The molecule has 1 heterocycles. The van der Waals surface area contributed by atoms with Crippen molar-refractivity contribution in [3.05, 3.63) is 23.8 Å². The van der Waals surface area contributed by atoms with Crippen LogP contribution in [-0.2, 0) is 14.3 Å². The van der Waals surface area contributed by atoms with Crippen LogP contribution in [0.3, 0.4) is 0 Å². The van der Waals surface area contributed by atoms with Crippen molar-refractivity contribution >= 4 is 5.78 Å². The van der Waals surface area contributed by atoms with Crippen molar-refractivity contribution < 1.29 is 14.3 Å². The summed E-state index contributed by atoms with van der Waals surface area (Å²) >= 11 is 0. The van der Waals surface area contributed by atoms with E-state index >= 15 is 0 Å². The van der Waals surface area contributed by atoms with Crippen LogP contribution in [0.15, 0.2) is 23.8 Å². The van der Waals surface area contributed by atoms with Gasteiger partial charge in [0.1, 0.15) is 0 Å². The van der Waals surface area contributed by atoms with E-state index in [-0.39, 0.29) is 18.0 Å². The summed E-state index contributed by atoms with van der Waals surface area (Å²) in [4.78, 5) is 11.4. The first-order chi connectivity index (χ1) is 6.74. The first kappa shape index (κ1) is 9.62. The molecule has 0 aromatic carbocycles. The Hall–Kier alpha value is -0.930. The number of carbonyl (C=O) groups is 1. The number of Topliss-reactive ketones (excluding diaryl/α,β-unsaturated/α-hetero) is 1. The van der Waals surface area contributed by atoms with Gasteiger partial charge in [-0.1, -0.05) is 6.08 Å². The van der Waals surface area contributed by atoms with Crippen molar-refractivity contribution in [2.24, 2.45) is 5.92 Å². The monoisotopic (exact) mass is 194 g/mol. The molecule has 2 rings (SSSR count). The van der Waals surface area contributed by atoms with Gasteiger partial charge in [-0.3, -0.25) is 4.79 Å². The summed E-state index contributed by atoms with van der Waals surface area (Å²) in [5.74, 6) is 0.498. The lowest BCUT2D eigenvalue weighted by Crippen LogP contribution is -2.14. The molecule has 0 N–H and O–H groups in total. The number of ketones is 1. The van der Waals surface area contributed by atoms with Gasteiger partial charge in [-0.15, -0.1) is 6.58 Å². The number of rotatable bonds is 3. The maximum absolute atomic E-state index is 11.4. The number of fused-ring (bicyclic) bond motifs is 1. The van der Waals surface area contributed by atoms with Gasteiger partial charge in [0.25, 0.3) is 0 Å². The molecule has 0 bridgehead atoms. The van der Waals surface area contributed by atoms with E-state index in [9.17, 15) is 4.79 Å². The van der Waals surface area contributed by atoms with Crippen LogP contribution in [0.4, 0.5) is 0 Å². The summed E-state index contributed by atoms with van der Waals surface area (Å²) in [6.07, 6.45) is 1.96. The zero-order valence-electron chi connectivity index (χ0n) is 8.29. The Kier molecular flexibility index (Phi) is 2.52. The van der Waals surface area contributed by atoms with Gasteiger partial charge in [0.15, 0.2) is 12.1 Å². The number of hydrogen-bond donors (Lipinski definition) is 0. The summed E-state index contributed by atoms with van der Waals surface area (Å²) in [5.41, 5.74) is 1.89. The number of allylic oxidation sites excluding steroid dienone is 1.